The van der Waals surface area contributed by atoms with Crippen LogP contribution in [0.3, 0.4) is 0 Å². The Hall–Kier alpha value is -1.62. The van der Waals surface area contributed by atoms with Crippen LogP contribution in [0.4, 0.5) is 0 Å². The van der Waals surface area contributed by atoms with Crippen molar-refractivity contribution in [3.63, 3.8) is 0 Å². The number of carbonyl (C=O) groups is 1. The minimum absolute atomic E-state index is 0.469. The molecule has 0 aliphatic rings. The van der Waals surface area contributed by atoms with E-state index >= 15 is 0 Å². The molecule has 2 heterocycles. The molecule has 2 aromatic heterocycles. The SMILES string of the molecule is [N-]=[N+]=NC(=O)c1ccc(-c2cccs2)s1. The average Bonchev–Trinajstić information content (AvgIpc) is 2.89. The average molecular weight is 235 g/mol. The van der Waals surface area contributed by atoms with Crippen LogP contribution in [-0.4, -0.2) is 5.91 Å². The van der Waals surface area contributed by atoms with E-state index in [1.54, 1.807) is 17.4 Å². The van der Waals surface area contributed by atoms with E-state index in [4.69, 9.17) is 5.53 Å². The lowest BCUT2D eigenvalue weighted by Crippen LogP contribution is -1.86. The third kappa shape index (κ3) is 2.07. The van der Waals surface area contributed by atoms with E-state index in [1.807, 2.05) is 23.6 Å². The Morgan fingerprint density at radius 1 is 1.33 bits per heavy atom. The molecule has 0 saturated carbocycles. The van der Waals surface area contributed by atoms with Gasteiger partial charge in [-0.05, 0) is 34.2 Å². The molecule has 4 nitrogen and oxygen atoms in total. The minimum Gasteiger partial charge on any atom is -0.286 e. The predicted molar refractivity (Wildman–Crippen MR) is 61.1 cm³/mol. The second-order valence-corrected chi connectivity index (χ2v) is 4.67. The number of amides is 1. The topological polar surface area (TPSA) is 65.8 Å². The highest BCUT2D eigenvalue weighted by molar-refractivity contribution is 7.22. The fraction of sp³-hybridized carbons (Fsp3) is 0. The number of nitrogens with zero attached hydrogens (tertiary/aromatic N) is 3. The van der Waals surface area contributed by atoms with Crippen LogP contribution in [0.15, 0.2) is 34.8 Å². The molecule has 0 atom stereocenters. The van der Waals surface area contributed by atoms with Gasteiger partial charge < -0.3 is 0 Å². The second kappa shape index (κ2) is 4.27. The summed E-state index contributed by atoms with van der Waals surface area (Å²) in [6.45, 7) is 0. The molecule has 74 valence electrons. The van der Waals surface area contributed by atoms with Crippen LogP contribution in [0.5, 0.6) is 0 Å². The van der Waals surface area contributed by atoms with E-state index in [-0.39, 0.29) is 0 Å². The zero-order chi connectivity index (χ0) is 10.7. The van der Waals surface area contributed by atoms with Crippen molar-refractivity contribution in [2.75, 3.05) is 0 Å². The molecule has 0 aromatic carbocycles. The molecule has 0 aliphatic heterocycles. The van der Waals surface area contributed by atoms with E-state index < -0.39 is 5.91 Å². The molecule has 0 spiro atoms. The molecule has 1 amide bonds. The molecule has 0 bridgehead atoms. The minimum atomic E-state index is -0.523. The number of carbonyl (C=O) groups excluding carboxylic acids is 1. The number of thiophene rings is 2. The van der Waals surface area contributed by atoms with Gasteiger partial charge >= 0.3 is 0 Å². The molecule has 0 aliphatic carbocycles. The van der Waals surface area contributed by atoms with Crippen molar-refractivity contribution >= 4 is 28.6 Å². The van der Waals surface area contributed by atoms with E-state index in [9.17, 15) is 4.79 Å². The number of hydrogen-bond donors (Lipinski definition) is 0. The van der Waals surface area contributed by atoms with Crippen molar-refractivity contribution in [1.29, 1.82) is 0 Å². The summed E-state index contributed by atoms with van der Waals surface area (Å²) in [5.41, 5.74) is 8.13. The van der Waals surface area contributed by atoms with Gasteiger partial charge in [0.15, 0.2) is 0 Å². The Balaban J connectivity index is 2.32. The summed E-state index contributed by atoms with van der Waals surface area (Å²) in [6, 6.07) is 7.47. The van der Waals surface area contributed by atoms with Crippen molar-refractivity contribution < 1.29 is 4.79 Å². The van der Waals surface area contributed by atoms with Crippen LogP contribution in [0, 0.1) is 0 Å². The summed E-state index contributed by atoms with van der Waals surface area (Å²) < 4.78 is 0. The maximum atomic E-state index is 11.2. The van der Waals surface area contributed by atoms with Gasteiger partial charge in [0.2, 0.25) is 0 Å². The third-order valence-electron chi connectivity index (χ3n) is 1.72. The molecule has 0 N–H and O–H groups in total. The lowest BCUT2D eigenvalue weighted by atomic mass is 10.3. The molecule has 0 saturated heterocycles. The predicted octanol–water partition coefficient (Wildman–Crippen LogP) is 3.93. The molecule has 0 unspecified atom stereocenters. The summed E-state index contributed by atoms with van der Waals surface area (Å²) in [7, 11) is 0. The number of hydrogen-bond acceptors (Lipinski definition) is 3. The zero-order valence-corrected chi connectivity index (χ0v) is 9.09. The number of rotatable bonds is 2. The highest BCUT2D eigenvalue weighted by atomic mass is 32.1. The fourth-order valence-corrected chi connectivity index (χ4v) is 2.81. The first-order valence-corrected chi connectivity index (χ1v) is 5.74. The van der Waals surface area contributed by atoms with Gasteiger partial charge in [-0.25, -0.2) is 0 Å². The lowest BCUT2D eigenvalue weighted by Gasteiger charge is -1.87. The lowest BCUT2D eigenvalue weighted by molar-refractivity contribution is 0.100. The number of azide groups is 1. The Morgan fingerprint density at radius 2 is 2.20 bits per heavy atom. The largest absolute Gasteiger partial charge is 0.286 e. The quantitative estimate of drug-likeness (QED) is 0.442. The van der Waals surface area contributed by atoms with Gasteiger partial charge in [-0.2, -0.15) is 0 Å². The molecular formula is C9H5N3OS2. The third-order valence-corrected chi connectivity index (χ3v) is 3.86. The van der Waals surface area contributed by atoms with Gasteiger partial charge in [0.25, 0.3) is 5.91 Å². The van der Waals surface area contributed by atoms with Gasteiger partial charge in [0.1, 0.15) is 0 Å². The van der Waals surface area contributed by atoms with Crippen molar-refractivity contribution in [1.82, 2.24) is 0 Å². The highest BCUT2D eigenvalue weighted by Crippen LogP contribution is 2.31. The van der Waals surface area contributed by atoms with Gasteiger partial charge in [-0.15, -0.1) is 22.7 Å². The summed E-state index contributed by atoms with van der Waals surface area (Å²) >= 11 is 2.94. The molecule has 15 heavy (non-hydrogen) atoms. The maximum Gasteiger partial charge on any atom is 0.259 e. The zero-order valence-electron chi connectivity index (χ0n) is 7.45. The second-order valence-electron chi connectivity index (χ2n) is 2.64. The fourth-order valence-electron chi connectivity index (χ4n) is 1.09. The first kappa shape index (κ1) is 9.92. The summed E-state index contributed by atoms with van der Waals surface area (Å²) in [5.74, 6) is -0.523. The molecule has 0 fully saturated rings. The molecular weight excluding hydrogens is 230 g/mol. The van der Waals surface area contributed by atoms with E-state index in [2.05, 4.69) is 10.0 Å². The van der Waals surface area contributed by atoms with Crippen molar-refractivity contribution in [2.45, 2.75) is 0 Å². The van der Waals surface area contributed by atoms with Gasteiger partial charge in [-0.1, -0.05) is 6.07 Å². The Kier molecular flexibility index (Phi) is 2.82. The van der Waals surface area contributed by atoms with Crippen LogP contribution >= 0.6 is 22.7 Å². The Bertz CT molecular complexity index is 523. The summed E-state index contributed by atoms with van der Waals surface area (Å²) in [4.78, 5) is 16.3. The summed E-state index contributed by atoms with van der Waals surface area (Å²) in [6.07, 6.45) is 0. The van der Waals surface area contributed by atoms with Crippen LogP contribution in [0.2, 0.25) is 0 Å². The normalized spacial score (nSPS) is 9.60. The van der Waals surface area contributed by atoms with Crippen LogP contribution < -0.4 is 0 Å². The van der Waals surface area contributed by atoms with E-state index in [0.717, 1.165) is 9.75 Å². The smallest absolute Gasteiger partial charge is 0.259 e. The molecule has 2 aromatic rings. The Morgan fingerprint density at radius 3 is 2.87 bits per heavy atom. The van der Waals surface area contributed by atoms with Crippen LogP contribution in [0.25, 0.3) is 20.2 Å². The standard InChI is InChI=1S/C9H5N3OS2/c10-12-11-9(13)8-4-3-7(15-8)6-2-1-5-14-6/h1-5H. The van der Waals surface area contributed by atoms with Gasteiger partial charge in [-0.3, -0.25) is 4.79 Å². The molecule has 2 rings (SSSR count). The van der Waals surface area contributed by atoms with Crippen molar-refractivity contribution in [3.05, 3.63) is 45.0 Å². The first-order valence-electron chi connectivity index (χ1n) is 4.04. The summed E-state index contributed by atoms with van der Waals surface area (Å²) in [5, 5.41) is 5.02. The molecule has 6 heteroatoms. The van der Waals surface area contributed by atoms with Crippen LogP contribution in [-0.2, 0) is 0 Å². The molecule has 0 radical (unpaired) electrons. The first-order chi connectivity index (χ1) is 7.31. The van der Waals surface area contributed by atoms with Crippen molar-refractivity contribution in [3.8, 4) is 9.75 Å². The monoisotopic (exact) mass is 235 g/mol. The highest BCUT2D eigenvalue weighted by Gasteiger charge is 2.08. The van der Waals surface area contributed by atoms with E-state index in [0.29, 0.717) is 4.88 Å². The maximum absolute atomic E-state index is 11.2. The van der Waals surface area contributed by atoms with E-state index in [1.165, 1.54) is 11.3 Å². The van der Waals surface area contributed by atoms with Gasteiger partial charge in [0, 0.05) is 14.7 Å². The van der Waals surface area contributed by atoms with Crippen molar-refractivity contribution in [2.24, 2.45) is 5.11 Å². The Labute approximate surface area is 93.4 Å². The van der Waals surface area contributed by atoms with Crippen LogP contribution in [0.1, 0.15) is 9.67 Å². The van der Waals surface area contributed by atoms with Gasteiger partial charge in [0.05, 0.1) is 4.88 Å².